The van der Waals surface area contributed by atoms with Crippen LogP contribution in [0.2, 0.25) is 0 Å². The first-order valence-electron chi connectivity index (χ1n) is 9.72. The van der Waals surface area contributed by atoms with E-state index in [4.69, 9.17) is 10.1 Å². The number of benzene rings is 1. The van der Waals surface area contributed by atoms with Crippen molar-refractivity contribution in [2.75, 3.05) is 12.1 Å². The average Bonchev–Trinajstić information content (AvgIpc) is 2.71. The number of aromatic carboxylic acids is 1. The van der Waals surface area contributed by atoms with E-state index >= 15 is 0 Å². The van der Waals surface area contributed by atoms with Gasteiger partial charge in [0, 0.05) is 46.9 Å². The molecule has 1 aliphatic rings. The Kier molecular flexibility index (Phi) is 6.07. The molecule has 0 bridgehead atoms. The van der Waals surface area contributed by atoms with Crippen molar-refractivity contribution < 1.29 is 23.4 Å². The average molecular weight is 446 g/mol. The molecule has 0 fully saturated rings. The lowest BCUT2D eigenvalue weighted by atomic mass is 9.93. The zero-order valence-electron chi connectivity index (χ0n) is 18.1. The van der Waals surface area contributed by atoms with Gasteiger partial charge in [-0.05, 0) is 38.5 Å². The van der Waals surface area contributed by atoms with Gasteiger partial charge in [-0.25, -0.2) is 4.79 Å². The highest BCUT2D eigenvalue weighted by atomic mass is 19.3. The molecular formula is C22H24F2N4O4. The molecule has 2 heterocycles. The largest absolute Gasteiger partial charge is 0.496 e. The van der Waals surface area contributed by atoms with Gasteiger partial charge in [-0.15, -0.1) is 0 Å². The summed E-state index contributed by atoms with van der Waals surface area (Å²) >= 11 is 0. The molecule has 0 unspecified atom stereocenters. The maximum Gasteiger partial charge on any atom is 0.341 e. The number of nitrogens with one attached hydrogen (secondary N) is 2. The third kappa shape index (κ3) is 4.20. The zero-order chi connectivity index (χ0) is 23.8. The van der Waals surface area contributed by atoms with Crippen molar-refractivity contribution in [3.8, 4) is 17.0 Å². The normalized spacial score (nSPS) is 13.5. The summed E-state index contributed by atoms with van der Waals surface area (Å²) in [4.78, 5) is 24.0. The smallest absolute Gasteiger partial charge is 0.341 e. The Morgan fingerprint density at radius 3 is 2.50 bits per heavy atom. The predicted molar refractivity (Wildman–Crippen MR) is 117 cm³/mol. The van der Waals surface area contributed by atoms with Crippen LogP contribution in [-0.4, -0.2) is 41.2 Å². The molecule has 3 rings (SSSR count). The number of ether oxygens (including phenoxy) is 1. The summed E-state index contributed by atoms with van der Waals surface area (Å²) in [6.45, 7) is 3.39. The van der Waals surface area contributed by atoms with Crippen molar-refractivity contribution in [1.82, 2.24) is 9.99 Å². The van der Waals surface area contributed by atoms with Gasteiger partial charge in [0.2, 0.25) is 0 Å². The fourth-order valence-electron chi connectivity index (χ4n) is 3.62. The lowest BCUT2D eigenvalue weighted by Crippen LogP contribution is -2.51. The number of hydrogen-bond donors (Lipinski definition) is 3. The summed E-state index contributed by atoms with van der Waals surface area (Å²) in [5.41, 5.74) is 1.09. The summed E-state index contributed by atoms with van der Waals surface area (Å²) in [6, 6.07) is 4.66. The Hall–Kier alpha value is -3.69. The molecule has 0 spiro atoms. The molecule has 10 heteroatoms. The molecule has 0 atom stereocenters. The third-order valence-corrected chi connectivity index (χ3v) is 5.15. The summed E-state index contributed by atoms with van der Waals surface area (Å²) in [5, 5.41) is 20.9. The van der Waals surface area contributed by atoms with E-state index in [9.17, 15) is 23.5 Å². The van der Waals surface area contributed by atoms with E-state index in [0.717, 1.165) is 18.0 Å². The van der Waals surface area contributed by atoms with Gasteiger partial charge in [0.1, 0.15) is 11.3 Å². The van der Waals surface area contributed by atoms with Crippen LogP contribution in [0.1, 0.15) is 42.3 Å². The molecule has 0 saturated carbocycles. The molecule has 170 valence electrons. The van der Waals surface area contributed by atoms with Crippen LogP contribution >= 0.6 is 0 Å². The van der Waals surface area contributed by atoms with Crippen molar-refractivity contribution >= 4 is 17.8 Å². The number of carboxylic acid groups (broad SMARTS) is 1. The molecule has 1 aromatic heterocycles. The number of halogens is 2. The van der Waals surface area contributed by atoms with Crippen molar-refractivity contribution in [2.45, 2.75) is 39.4 Å². The summed E-state index contributed by atoms with van der Waals surface area (Å²) in [5.74, 6) is -0.995. The standard InChI is InChI=1S/C22H24F2N4O4/c1-22(2,3)28-10-12-5-15(13(8-25)9-26-21(23)24)19(32-4)6-14(12)17-7-18(29)16(20(30)31)11-27(17)28/h5-9,11,21,25-26H,10H2,1-4H3,(H,30,31)/b13-9+,25-8?. The second-order valence-corrected chi connectivity index (χ2v) is 8.24. The van der Waals surface area contributed by atoms with Crippen LogP contribution in [0, 0.1) is 5.41 Å². The minimum absolute atomic E-state index is 0.191. The number of fused-ring (bicyclic) bond motifs is 3. The lowest BCUT2D eigenvalue weighted by Gasteiger charge is -2.44. The molecule has 32 heavy (non-hydrogen) atoms. The molecule has 2 aromatic rings. The molecule has 1 aromatic carbocycles. The number of rotatable bonds is 6. The van der Waals surface area contributed by atoms with Crippen molar-refractivity contribution in [2.24, 2.45) is 0 Å². The molecule has 0 amide bonds. The van der Waals surface area contributed by atoms with Gasteiger partial charge < -0.3 is 25.6 Å². The van der Waals surface area contributed by atoms with Gasteiger partial charge in [0.15, 0.2) is 5.43 Å². The highest BCUT2D eigenvalue weighted by molar-refractivity contribution is 6.09. The Bertz CT molecular complexity index is 1170. The number of hydrogen-bond acceptors (Lipinski definition) is 6. The molecule has 0 aliphatic carbocycles. The van der Waals surface area contributed by atoms with Crippen LogP contribution in [-0.2, 0) is 6.54 Å². The van der Waals surface area contributed by atoms with Gasteiger partial charge in [0.05, 0.1) is 19.3 Å². The second-order valence-electron chi connectivity index (χ2n) is 8.24. The molecule has 0 saturated heterocycles. The van der Waals surface area contributed by atoms with E-state index in [2.05, 4.69) is 0 Å². The van der Waals surface area contributed by atoms with Gasteiger partial charge in [-0.1, -0.05) is 0 Å². The minimum Gasteiger partial charge on any atom is -0.496 e. The Labute approximate surface area is 183 Å². The highest BCUT2D eigenvalue weighted by Gasteiger charge is 2.31. The fraction of sp³-hybridized carbons (Fsp3) is 0.318. The van der Waals surface area contributed by atoms with Crippen molar-refractivity contribution in [3.05, 3.63) is 57.5 Å². The quantitative estimate of drug-likeness (QED) is 0.464. The monoisotopic (exact) mass is 446 g/mol. The Morgan fingerprint density at radius 1 is 1.28 bits per heavy atom. The number of allylic oxidation sites excluding steroid dienone is 1. The van der Waals surface area contributed by atoms with Crippen LogP contribution in [0.15, 0.2) is 35.4 Å². The Morgan fingerprint density at radius 2 is 1.97 bits per heavy atom. The van der Waals surface area contributed by atoms with Crippen molar-refractivity contribution in [1.29, 1.82) is 5.41 Å². The Balaban J connectivity index is 2.29. The fourth-order valence-corrected chi connectivity index (χ4v) is 3.62. The number of methoxy groups -OCH3 is 1. The first-order valence-corrected chi connectivity index (χ1v) is 9.72. The topological polar surface area (TPSA) is 108 Å². The van der Waals surface area contributed by atoms with E-state index < -0.39 is 23.5 Å². The number of carbonyl (C=O) groups is 1. The molecule has 8 nitrogen and oxygen atoms in total. The van der Waals surface area contributed by atoms with Gasteiger partial charge in [-0.2, -0.15) is 8.78 Å². The highest BCUT2D eigenvalue weighted by Crippen LogP contribution is 2.38. The number of alkyl halides is 2. The van der Waals surface area contributed by atoms with Crippen LogP contribution in [0.4, 0.5) is 8.78 Å². The molecule has 3 N–H and O–H groups in total. The van der Waals surface area contributed by atoms with E-state index in [1.54, 1.807) is 16.8 Å². The van der Waals surface area contributed by atoms with Gasteiger partial charge in [0.25, 0.3) is 0 Å². The number of nitrogens with zero attached hydrogens (tertiary/aromatic N) is 2. The van der Waals surface area contributed by atoms with E-state index in [1.807, 2.05) is 31.1 Å². The second kappa shape index (κ2) is 8.45. The SMILES string of the molecule is COc1cc2c(cc1/C(C=N)=C/NC(F)F)CN(C(C)(C)C)n1cc(C(=O)O)c(=O)cc1-2. The maximum absolute atomic E-state index is 12.6. The molecular weight excluding hydrogens is 422 g/mol. The van der Waals surface area contributed by atoms with Crippen LogP contribution in [0.25, 0.3) is 16.8 Å². The van der Waals surface area contributed by atoms with Crippen LogP contribution < -0.4 is 20.5 Å². The first-order chi connectivity index (χ1) is 15.0. The van der Waals surface area contributed by atoms with Crippen molar-refractivity contribution in [3.63, 3.8) is 0 Å². The minimum atomic E-state index is -2.79. The summed E-state index contributed by atoms with van der Waals surface area (Å²) < 4.78 is 32.4. The van der Waals surface area contributed by atoms with Crippen LogP contribution in [0.3, 0.4) is 0 Å². The predicted octanol–water partition coefficient (Wildman–Crippen LogP) is 3.27. The summed E-state index contributed by atoms with van der Waals surface area (Å²) in [6.07, 6.45) is 3.30. The summed E-state index contributed by atoms with van der Waals surface area (Å²) in [7, 11) is 1.41. The van der Waals surface area contributed by atoms with Crippen LogP contribution in [0.5, 0.6) is 5.75 Å². The van der Waals surface area contributed by atoms with E-state index in [1.165, 1.54) is 19.4 Å². The zero-order valence-corrected chi connectivity index (χ0v) is 18.1. The molecule has 0 radical (unpaired) electrons. The van der Waals surface area contributed by atoms with Gasteiger partial charge in [-0.3, -0.25) is 9.47 Å². The number of carboxylic acids is 1. The number of aromatic nitrogens is 1. The lowest BCUT2D eigenvalue weighted by molar-refractivity contribution is 0.0694. The van der Waals surface area contributed by atoms with E-state index in [-0.39, 0.29) is 11.1 Å². The number of pyridine rings is 1. The first kappa shape index (κ1) is 23.0. The van der Waals surface area contributed by atoms with E-state index in [0.29, 0.717) is 29.1 Å². The third-order valence-electron chi connectivity index (χ3n) is 5.15. The molecule has 1 aliphatic heterocycles. The van der Waals surface area contributed by atoms with Gasteiger partial charge >= 0.3 is 12.5 Å². The maximum atomic E-state index is 12.6.